The van der Waals surface area contributed by atoms with Crippen LogP contribution in [0.3, 0.4) is 0 Å². The minimum Gasteiger partial charge on any atom is -0.744 e. The smallest absolute Gasteiger partial charge is 0.339 e. The molecule has 4 aliphatic heterocycles. The number of ether oxygens (including phenoxy) is 2. The van der Waals surface area contributed by atoms with Gasteiger partial charge in [0.05, 0.1) is 29.3 Å². The quantitative estimate of drug-likeness (QED) is 0.191. The van der Waals surface area contributed by atoms with Crippen molar-refractivity contribution in [1.82, 2.24) is 0 Å². The van der Waals surface area contributed by atoms with Crippen LogP contribution in [0, 0.1) is 0 Å². The van der Waals surface area contributed by atoms with Crippen LogP contribution in [0.25, 0.3) is 10.8 Å². The van der Waals surface area contributed by atoms with Crippen molar-refractivity contribution in [1.29, 1.82) is 0 Å². The molecule has 6 atom stereocenters. The van der Waals surface area contributed by atoms with Crippen LogP contribution in [-0.4, -0.2) is 45.8 Å². The van der Waals surface area contributed by atoms with Crippen LogP contribution < -0.4 is 4.18 Å². The Kier molecular flexibility index (Phi) is 6.69. The molecule has 43 heavy (non-hydrogen) atoms. The van der Waals surface area contributed by atoms with E-state index in [1.165, 1.54) is 12.1 Å². The molecule has 0 amide bonds. The van der Waals surface area contributed by atoms with Gasteiger partial charge in [-0.1, -0.05) is 30.7 Å². The first kappa shape index (κ1) is 28.0. The molecule has 8 nitrogen and oxygen atoms in total. The Morgan fingerprint density at radius 2 is 1.44 bits per heavy atom. The van der Waals surface area contributed by atoms with E-state index in [1.807, 2.05) is 30.3 Å². The van der Waals surface area contributed by atoms with Crippen LogP contribution >= 0.6 is 0 Å². The van der Waals surface area contributed by atoms with Gasteiger partial charge in [-0.25, -0.2) is 8.42 Å². The lowest BCUT2D eigenvalue weighted by Gasteiger charge is -2.29. The fourth-order valence-corrected chi connectivity index (χ4v) is 10.9. The molecule has 228 valence electrons. The largest absolute Gasteiger partial charge is 0.744 e. The van der Waals surface area contributed by atoms with Crippen LogP contribution in [0.4, 0.5) is 0 Å². The second kappa shape index (κ2) is 10.3. The molecule has 4 heterocycles. The molecule has 6 unspecified atom stereocenters. The van der Waals surface area contributed by atoms with Crippen molar-refractivity contribution >= 4 is 31.0 Å². The van der Waals surface area contributed by atoms with E-state index in [9.17, 15) is 21.4 Å². The molecule has 3 aromatic rings. The molecule has 0 spiro atoms. The van der Waals surface area contributed by atoms with Crippen molar-refractivity contribution in [2.75, 3.05) is 0 Å². The molecule has 4 fully saturated rings. The third-order valence-corrected chi connectivity index (χ3v) is 12.7. The summed E-state index contributed by atoms with van der Waals surface area (Å²) in [4.78, 5) is -0.0594. The number of benzene rings is 3. The minimum absolute atomic E-state index is 0.0398. The Balaban J connectivity index is 1.33. The molecule has 0 aromatic heterocycles. The highest BCUT2D eigenvalue weighted by Gasteiger charge is 2.48. The Bertz CT molecular complexity index is 1830. The van der Waals surface area contributed by atoms with Gasteiger partial charge in [-0.2, -0.15) is 8.42 Å². The van der Waals surface area contributed by atoms with Crippen molar-refractivity contribution in [3.8, 4) is 5.75 Å². The third-order valence-electron chi connectivity index (χ3n) is 10.5. The molecule has 0 N–H and O–H groups in total. The van der Waals surface area contributed by atoms with Gasteiger partial charge in [0.25, 0.3) is 0 Å². The van der Waals surface area contributed by atoms with Gasteiger partial charge in [0.2, 0.25) is 0 Å². The highest BCUT2D eigenvalue weighted by molar-refractivity contribution is 7.87. The van der Waals surface area contributed by atoms with Crippen LogP contribution in [0.2, 0.25) is 0 Å². The zero-order chi connectivity index (χ0) is 29.5. The third kappa shape index (κ3) is 4.72. The van der Waals surface area contributed by atoms with Crippen molar-refractivity contribution in [3.05, 3.63) is 64.7 Å². The summed E-state index contributed by atoms with van der Waals surface area (Å²) in [5, 5.41) is 1.89. The van der Waals surface area contributed by atoms with Crippen LogP contribution in [0.15, 0.2) is 52.3 Å². The molecule has 3 aromatic carbocycles. The summed E-state index contributed by atoms with van der Waals surface area (Å²) in [7, 11) is -9.13. The summed E-state index contributed by atoms with van der Waals surface area (Å²) >= 11 is 0. The lowest BCUT2D eigenvalue weighted by molar-refractivity contribution is 0.0999. The summed E-state index contributed by atoms with van der Waals surface area (Å²) < 4.78 is 84.6. The van der Waals surface area contributed by atoms with Crippen LogP contribution in [0.1, 0.15) is 91.9 Å². The van der Waals surface area contributed by atoms with Gasteiger partial charge in [0, 0.05) is 17.4 Å². The van der Waals surface area contributed by atoms with E-state index in [4.69, 9.17) is 13.7 Å². The first-order valence-electron chi connectivity index (χ1n) is 15.6. The Morgan fingerprint density at radius 3 is 2.09 bits per heavy atom. The Hall–Kier alpha value is -2.50. The van der Waals surface area contributed by atoms with E-state index in [2.05, 4.69) is 0 Å². The van der Waals surface area contributed by atoms with Gasteiger partial charge in [-0.05, 0) is 110 Å². The van der Waals surface area contributed by atoms with Gasteiger partial charge in [-0.3, -0.25) is 0 Å². The molecule has 1 aliphatic carbocycles. The lowest BCUT2D eigenvalue weighted by atomic mass is 9.77. The summed E-state index contributed by atoms with van der Waals surface area (Å²) in [6.07, 6.45) is 8.62. The van der Waals surface area contributed by atoms with E-state index in [0.717, 1.165) is 79.7 Å². The van der Waals surface area contributed by atoms with Gasteiger partial charge >= 0.3 is 10.1 Å². The predicted molar refractivity (Wildman–Crippen MR) is 158 cm³/mol. The van der Waals surface area contributed by atoms with Gasteiger partial charge in [0.1, 0.15) is 20.8 Å². The summed E-state index contributed by atoms with van der Waals surface area (Å²) in [6.45, 7) is 0. The van der Waals surface area contributed by atoms with Crippen molar-refractivity contribution in [2.24, 2.45) is 0 Å². The summed E-state index contributed by atoms with van der Waals surface area (Å²) in [6, 6.07) is 12.6. The normalized spacial score (nSPS) is 30.1. The fraction of sp³-hybridized carbons (Fsp3) is 0.515. The molecular formula is C33H35O8S2-. The Labute approximate surface area is 252 Å². The summed E-state index contributed by atoms with van der Waals surface area (Å²) in [5.74, 6) is -0.0376. The molecular weight excluding hydrogens is 588 g/mol. The number of rotatable bonds is 6. The standard InChI is InChI=1S/C33H36O8S2/c34-42(35,36)31-15-14-30(23-8-2-1-3-9-24(23)31)41-43(37,38)33-26(25-17-20-10-12-28(25)39-20)16-19-6-4-5-7-22(19)32(33)27-18-21-11-13-29(27)40-21/h4-7,14-16,20-21,25,27-29H,1-3,8-13,17-18H2,(H,34,35,36)/p-1. The molecule has 4 saturated heterocycles. The number of hydrogen-bond donors (Lipinski definition) is 0. The highest BCUT2D eigenvalue weighted by Crippen LogP contribution is 2.53. The van der Waals surface area contributed by atoms with E-state index in [-0.39, 0.29) is 51.8 Å². The van der Waals surface area contributed by atoms with Crippen molar-refractivity contribution < 1.29 is 35.0 Å². The van der Waals surface area contributed by atoms with Crippen LogP contribution in [-0.2, 0) is 42.6 Å². The zero-order valence-corrected chi connectivity index (χ0v) is 25.5. The van der Waals surface area contributed by atoms with E-state index < -0.39 is 20.2 Å². The predicted octanol–water partition coefficient (Wildman–Crippen LogP) is 5.85. The Morgan fingerprint density at radius 1 is 0.767 bits per heavy atom. The van der Waals surface area contributed by atoms with Crippen molar-refractivity contribution in [3.63, 3.8) is 0 Å². The molecule has 10 heteroatoms. The topological polar surface area (TPSA) is 119 Å². The minimum atomic E-state index is -4.73. The van der Waals surface area contributed by atoms with E-state index in [1.54, 1.807) is 0 Å². The maximum Gasteiger partial charge on any atom is 0.339 e. The first-order valence-corrected chi connectivity index (χ1v) is 18.4. The second-order valence-corrected chi connectivity index (χ2v) is 15.8. The molecule has 4 bridgehead atoms. The molecule has 0 radical (unpaired) electrons. The molecule has 5 aliphatic rings. The zero-order valence-electron chi connectivity index (χ0n) is 23.9. The lowest BCUT2D eigenvalue weighted by Crippen LogP contribution is -2.25. The average molecular weight is 624 g/mol. The van der Waals surface area contributed by atoms with Crippen LogP contribution in [0.5, 0.6) is 5.75 Å². The first-order chi connectivity index (χ1) is 20.7. The van der Waals surface area contributed by atoms with Crippen molar-refractivity contribution in [2.45, 2.75) is 117 Å². The molecule has 8 rings (SSSR count). The maximum absolute atomic E-state index is 14.8. The van der Waals surface area contributed by atoms with Gasteiger partial charge < -0.3 is 18.2 Å². The van der Waals surface area contributed by atoms with Gasteiger partial charge in [-0.15, -0.1) is 0 Å². The van der Waals surface area contributed by atoms with E-state index in [0.29, 0.717) is 24.0 Å². The SMILES string of the molecule is O=S(=O)([O-])c1ccc(OS(=O)(=O)c2c(C3CC4CCC3O4)cc3ccccc3c2C2CC3CCC2O3)c2c1CCCCC2. The summed E-state index contributed by atoms with van der Waals surface area (Å²) in [5.41, 5.74) is 2.41. The maximum atomic E-state index is 14.8. The van der Waals surface area contributed by atoms with Gasteiger partial charge in [0.15, 0.2) is 0 Å². The fourth-order valence-electron chi connectivity index (χ4n) is 8.66. The second-order valence-electron chi connectivity index (χ2n) is 12.9. The number of fused-ring (bicyclic) bond motifs is 6. The average Bonchev–Trinajstić information content (AvgIpc) is 3.77. The number of hydrogen-bond acceptors (Lipinski definition) is 8. The monoisotopic (exact) mass is 623 g/mol. The highest BCUT2D eigenvalue weighted by atomic mass is 32.2. The van der Waals surface area contributed by atoms with E-state index >= 15 is 0 Å². The molecule has 0 saturated carbocycles.